The smallest absolute Gasteiger partial charge is 0.243 e. The van der Waals surface area contributed by atoms with Gasteiger partial charge in [0.15, 0.2) is 0 Å². The van der Waals surface area contributed by atoms with Crippen molar-refractivity contribution in [2.24, 2.45) is 0 Å². The van der Waals surface area contributed by atoms with E-state index in [1.54, 1.807) is 0 Å². The molecule has 0 aliphatic rings. The Morgan fingerprint density at radius 2 is 1.86 bits per heavy atom. The molecule has 0 unspecified atom stereocenters. The lowest BCUT2D eigenvalue weighted by atomic mass is 10.2. The average Bonchev–Trinajstić information content (AvgIpc) is 2.53. The number of hydrogen-bond donors (Lipinski definition) is 2. The molecule has 0 aliphatic heterocycles. The molecule has 0 bridgehead atoms. The molecule has 116 valence electrons. The van der Waals surface area contributed by atoms with Gasteiger partial charge in [-0.2, -0.15) is 0 Å². The summed E-state index contributed by atoms with van der Waals surface area (Å²) in [5, 5.41) is 5.96. The molecular weight excluding hydrogens is 276 g/mol. The molecule has 0 radical (unpaired) electrons. The standard InChI is InChI=1S/C18H22N2O2/c1-3-11-22-17-6-4-5-16(12-17)20-18(21)13-19-15-9-7-14(2)8-10-15/h4-10,12,19H,3,11,13H2,1-2H3,(H,20,21). The summed E-state index contributed by atoms with van der Waals surface area (Å²) in [6.07, 6.45) is 0.955. The fourth-order valence-electron chi connectivity index (χ4n) is 1.94. The van der Waals surface area contributed by atoms with Gasteiger partial charge in [-0.15, -0.1) is 0 Å². The molecule has 2 N–H and O–H groups in total. The van der Waals surface area contributed by atoms with E-state index in [9.17, 15) is 4.79 Å². The number of carbonyl (C=O) groups excluding carboxylic acids is 1. The topological polar surface area (TPSA) is 50.4 Å². The molecule has 0 saturated heterocycles. The highest BCUT2D eigenvalue weighted by Crippen LogP contribution is 2.17. The second kappa shape index (κ2) is 8.08. The molecule has 1 amide bonds. The third kappa shape index (κ3) is 5.13. The van der Waals surface area contributed by atoms with Crippen LogP contribution < -0.4 is 15.4 Å². The van der Waals surface area contributed by atoms with Crippen molar-refractivity contribution in [1.29, 1.82) is 0 Å². The lowest BCUT2D eigenvalue weighted by Gasteiger charge is -2.10. The van der Waals surface area contributed by atoms with Crippen LogP contribution in [0.3, 0.4) is 0 Å². The van der Waals surface area contributed by atoms with Gasteiger partial charge < -0.3 is 15.4 Å². The molecule has 0 heterocycles. The molecule has 0 atom stereocenters. The van der Waals surface area contributed by atoms with Crippen LogP contribution >= 0.6 is 0 Å². The van der Waals surface area contributed by atoms with Gasteiger partial charge in [-0.3, -0.25) is 4.79 Å². The van der Waals surface area contributed by atoms with Gasteiger partial charge >= 0.3 is 0 Å². The van der Waals surface area contributed by atoms with Gasteiger partial charge in [-0.05, 0) is 37.6 Å². The second-order valence-electron chi connectivity index (χ2n) is 5.14. The van der Waals surface area contributed by atoms with Crippen molar-refractivity contribution >= 4 is 17.3 Å². The Labute approximate surface area is 131 Å². The summed E-state index contributed by atoms with van der Waals surface area (Å²) < 4.78 is 5.55. The van der Waals surface area contributed by atoms with Crippen LogP contribution in [-0.4, -0.2) is 19.1 Å². The molecule has 0 saturated carbocycles. The first-order valence-electron chi connectivity index (χ1n) is 7.50. The number of hydrogen-bond acceptors (Lipinski definition) is 3. The Kier molecular flexibility index (Phi) is 5.83. The molecule has 0 fully saturated rings. The van der Waals surface area contributed by atoms with Crippen LogP contribution in [0, 0.1) is 6.92 Å². The molecule has 0 aromatic heterocycles. The van der Waals surface area contributed by atoms with E-state index >= 15 is 0 Å². The average molecular weight is 298 g/mol. The van der Waals surface area contributed by atoms with Crippen molar-refractivity contribution < 1.29 is 9.53 Å². The summed E-state index contributed by atoms with van der Waals surface area (Å²) in [5.74, 6) is 0.680. The van der Waals surface area contributed by atoms with E-state index in [1.165, 1.54) is 5.56 Å². The summed E-state index contributed by atoms with van der Waals surface area (Å²) in [7, 11) is 0. The van der Waals surface area contributed by atoms with Gasteiger partial charge in [-0.25, -0.2) is 0 Å². The minimum Gasteiger partial charge on any atom is -0.494 e. The summed E-state index contributed by atoms with van der Waals surface area (Å²) in [6.45, 7) is 4.99. The van der Waals surface area contributed by atoms with Crippen molar-refractivity contribution in [3.63, 3.8) is 0 Å². The van der Waals surface area contributed by atoms with Gasteiger partial charge in [0.25, 0.3) is 0 Å². The fraction of sp³-hybridized carbons (Fsp3) is 0.278. The number of ether oxygens (including phenoxy) is 1. The third-order valence-electron chi connectivity index (χ3n) is 3.10. The van der Waals surface area contributed by atoms with Crippen molar-refractivity contribution in [3.8, 4) is 5.75 Å². The highest BCUT2D eigenvalue weighted by atomic mass is 16.5. The van der Waals surface area contributed by atoms with Gasteiger partial charge in [0.05, 0.1) is 13.2 Å². The molecule has 22 heavy (non-hydrogen) atoms. The minimum atomic E-state index is -0.0896. The number of rotatable bonds is 7. The Bertz CT molecular complexity index is 609. The van der Waals surface area contributed by atoms with Crippen molar-refractivity contribution in [2.45, 2.75) is 20.3 Å². The molecule has 2 aromatic rings. The summed E-state index contributed by atoms with van der Waals surface area (Å²) in [5.41, 5.74) is 2.86. The summed E-state index contributed by atoms with van der Waals surface area (Å²) >= 11 is 0. The molecule has 4 heteroatoms. The zero-order valence-corrected chi connectivity index (χ0v) is 13.1. The summed E-state index contributed by atoms with van der Waals surface area (Å²) in [4.78, 5) is 12.0. The Balaban J connectivity index is 1.85. The maximum Gasteiger partial charge on any atom is 0.243 e. The molecule has 2 aromatic carbocycles. The van der Waals surface area contributed by atoms with Gasteiger partial charge in [-0.1, -0.05) is 30.7 Å². The maximum absolute atomic E-state index is 12.0. The number of amides is 1. The zero-order chi connectivity index (χ0) is 15.8. The first-order valence-corrected chi connectivity index (χ1v) is 7.50. The van der Waals surface area contributed by atoms with Crippen molar-refractivity contribution in [2.75, 3.05) is 23.8 Å². The van der Waals surface area contributed by atoms with Crippen LogP contribution in [0.4, 0.5) is 11.4 Å². The van der Waals surface area contributed by atoms with E-state index in [0.717, 1.165) is 23.5 Å². The predicted molar refractivity (Wildman–Crippen MR) is 90.5 cm³/mol. The van der Waals surface area contributed by atoms with Crippen LogP contribution in [0.1, 0.15) is 18.9 Å². The van der Waals surface area contributed by atoms with Crippen LogP contribution in [0.5, 0.6) is 5.75 Å². The quantitative estimate of drug-likeness (QED) is 0.816. The van der Waals surface area contributed by atoms with E-state index in [0.29, 0.717) is 6.61 Å². The first kappa shape index (κ1) is 15.9. The highest BCUT2D eigenvalue weighted by Gasteiger charge is 2.03. The van der Waals surface area contributed by atoms with Crippen LogP contribution in [0.2, 0.25) is 0 Å². The second-order valence-corrected chi connectivity index (χ2v) is 5.14. The van der Waals surface area contributed by atoms with E-state index < -0.39 is 0 Å². The Hall–Kier alpha value is -2.49. The fourth-order valence-corrected chi connectivity index (χ4v) is 1.94. The van der Waals surface area contributed by atoms with Crippen LogP contribution in [0.15, 0.2) is 48.5 Å². The lowest BCUT2D eigenvalue weighted by Crippen LogP contribution is -2.21. The van der Waals surface area contributed by atoms with Gasteiger partial charge in [0.1, 0.15) is 5.75 Å². The van der Waals surface area contributed by atoms with E-state index in [-0.39, 0.29) is 12.5 Å². The maximum atomic E-state index is 12.0. The number of aryl methyl sites for hydroxylation is 1. The molecule has 0 spiro atoms. The number of benzene rings is 2. The van der Waals surface area contributed by atoms with Crippen LogP contribution in [-0.2, 0) is 4.79 Å². The number of carbonyl (C=O) groups is 1. The molecule has 4 nitrogen and oxygen atoms in total. The zero-order valence-electron chi connectivity index (χ0n) is 13.1. The van der Waals surface area contributed by atoms with Gasteiger partial charge in [0, 0.05) is 17.4 Å². The van der Waals surface area contributed by atoms with Crippen molar-refractivity contribution in [1.82, 2.24) is 0 Å². The predicted octanol–water partition coefficient (Wildman–Crippen LogP) is 3.83. The van der Waals surface area contributed by atoms with E-state index in [4.69, 9.17) is 4.74 Å². The van der Waals surface area contributed by atoms with Crippen LogP contribution in [0.25, 0.3) is 0 Å². The van der Waals surface area contributed by atoms with E-state index in [1.807, 2.05) is 55.5 Å². The number of nitrogens with one attached hydrogen (secondary N) is 2. The third-order valence-corrected chi connectivity index (χ3v) is 3.10. The van der Waals surface area contributed by atoms with Gasteiger partial charge in [0.2, 0.25) is 5.91 Å². The number of anilines is 2. The Morgan fingerprint density at radius 1 is 1.09 bits per heavy atom. The first-order chi connectivity index (χ1) is 10.7. The monoisotopic (exact) mass is 298 g/mol. The largest absolute Gasteiger partial charge is 0.494 e. The molecular formula is C18H22N2O2. The highest BCUT2D eigenvalue weighted by molar-refractivity contribution is 5.93. The van der Waals surface area contributed by atoms with E-state index in [2.05, 4.69) is 17.6 Å². The lowest BCUT2D eigenvalue weighted by molar-refractivity contribution is -0.114. The SMILES string of the molecule is CCCOc1cccc(NC(=O)CNc2ccc(C)cc2)c1. The molecule has 2 rings (SSSR count). The summed E-state index contributed by atoms with van der Waals surface area (Å²) in [6, 6.07) is 15.4. The van der Waals surface area contributed by atoms with Crippen molar-refractivity contribution in [3.05, 3.63) is 54.1 Å². The Morgan fingerprint density at radius 3 is 2.59 bits per heavy atom. The normalized spacial score (nSPS) is 10.1. The molecule has 0 aliphatic carbocycles. The minimum absolute atomic E-state index is 0.0896.